The van der Waals surface area contributed by atoms with Crippen molar-refractivity contribution in [3.8, 4) is 6.07 Å². The number of nitrogens with one attached hydrogen (secondary N) is 1. The minimum atomic E-state index is -3.85. The average molecular weight is 290 g/mol. The Balaban J connectivity index is 2.42. The number of nitriles is 1. The molecule has 1 N–H and O–H groups in total. The van der Waals surface area contributed by atoms with E-state index in [1.165, 1.54) is 24.3 Å². The zero-order valence-electron chi connectivity index (χ0n) is 10.6. The van der Waals surface area contributed by atoms with Gasteiger partial charge >= 0.3 is 0 Å². The van der Waals surface area contributed by atoms with Crippen LogP contribution in [0.25, 0.3) is 0 Å². The topological polar surface area (TPSA) is 70.0 Å². The number of rotatable bonds is 3. The maximum Gasteiger partial charge on any atom is 0.261 e. The van der Waals surface area contributed by atoms with Gasteiger partial charge in [-0.2, -0.15) is 5.26 Å². The van der Waals surface area contributed by atoms with Gasteiger partial charge < -0.3 is 0 Å². The summed E-state index contributed by atoms with van der Waals surface area (Å²) in [5, 5.41) is 8.88. The van der Waals surface area contributed by atoms with E-state index in [0.717, 1.165) is 11.6 Å². The molecule has 2 aromatic rings. The summed E-state index contributed by atoms with van der Waals surface area (Å²) >= 11 is 0. The number of hydrogen-bond acceptors (Lipinski definition) is 3. The fourth-order valence-electron chi connectivity index (χ4n) is 1.64. The van der Waals surface area contributed by atoms with Gasteiger partial charge in [-0.25, -0.2) is 12.8 Å². The predicted molar refractivity (Wildman–Crippen MR) is 73.1 cm³/mol. The highest BCUT2D eigenvalue weighted by atomic mass is 32.2. The third kappa shape index (κ3) is 2.78. The van der Waals surface area contributed by atoms with Crippen molar-refractivity contribution in [2.24, 2.45) is 0 Å². The highest BCUT2D eigenvalue weighted by molar-refractivity contribution is 7.92. The molecule has 0 unspecified atom stereocenters. The summed E-state index contributed by atoms with van der Waals surface area (Å²) in [7, 11) is -3.85. The smallest absolute Gasteiger partial charge is 0.261 e. The molecule has 0 aliphatic heterocycles. The van der Waals surface area contributed by atoms with Gasteiger partial charge in [-0.1, -0.05) is 23.8 Å². The van der Waals surface area contributed by atoms with Gasteiger partial charge in [0, 0.05) is 0 Å². The van der Waals surface area contributed by atoms with Crippen LogP contribution in [0.1, 0.15) is 11.1 Å². The van der Waals surface area contributed by atoms with Crippen molar-refractivity contribution in [3.05, 3.63) is 59.4 Å². The van der Waals surface area contributed by atoms with Gasteiger partial charge in [0.15, 0.2) is 0 Å². The number of anilines is 1. The lowest BCUT2D eigenvalue weighted by molar-refractivity contribution is 0.601. The standard InChI is InChI=1S/C14H11FN2O2S/c1-10-5-7-11(8-6-10)20(18,19)17-14-4-2-3-13(15)12(14)9-16/h2-8,17H,1H3. The second-order valence-electron chi connectivity index (χ2n) is 4.19. The minimum Gasteiger partial charge on any atom is -0.278 e. The van der Waals surface area contributed by atoms with E-state index in [-0.39, 0.29) is 16.1 Å². The summed E-state index contributed by atoms with van der Waals surface area (Å²) < 4.78 is 39.9. The second kappa shape index (κ2) is 5.31. The van der Waals surface area contributed by atoms with Crippen LogP contribution >= 0.6 is 0 Å². The molecule has 0 saturated carbocycles. The molecule has 2 rings (SSSR count). The third-order valence-corrected chi connectivity index (χ3v) is 4.08. The Labute approximate surface area is 116 Å². The summed E-state index contributed by atoms with van der Waals surface area (Å²) in [5.41, 5.74) is 0.517. The highest BCUT2D eigenvalue weighted by Crippen LogP contribution is 2.21. The number of nitrogens with zero attached hydrogens (tertiary/aromatic N) is 1. The second-order valence-corrected chi connectivity index (χ2v) is 5.88. The van der Waals surface area contributed by atoms with Gasteiger partial charge in [0.25, 0.3) is 10.0 Å². The molecule has 0 aromatic heterocycles. The van der Waals surface area contributed by atoms with E-state index in [1.54, 1.807) is 18.2 Å². The largest absolute Gasteiger partial charge is 0.278 e. The molecule has 6 heteroatoms. The van der Waals surface area contributed by atoms with Crippen molar-refractivity contribution in [3.63, 3.8) is 0 Å². The lowest BCUT2D eigenvalue weighted by atomic mass is 10.2. The first-order chi connectivity index (χ1) is 9.44. The van der Waals surface area contributed by atoms with Crippen LogP contribution in [0.5, 0.6) is 0 Å². The van der Waals surface area contributed by atoms with E-state index in [0.29, 0.717) is 0 Å². The highest BCUT2D eigenvalue weighted by Gasteiger charge is 2.17. The summed E-state index contributed by atoms with van der Waals surface area (Å²) in [6, 6.07) is 11.6. The third-order valence-electron chi connectivity index (χ3n) is 2.70. The lowest BCUT2D eigenvalue weighted by Gasteiger charge is -2.10. The number of aryl methyl sites for hydroxylation is 1. The molecule has 0 atom stereocenters. The van der Waals surface area contributed by atoms with E-state index in [2.05, 4.69) is 4.72 Å². The maximum absolute atomic E-state index is 13.4. The normalized spacial score (nSPS) is 10.8. The van der Waals surface area contributed by atoms with Gasteiger partial charge in [-0.3, -0.25) is 4.72 Å². The van der Waals surface area contributed by atoms with E-state index < -0.39 is 15.8 Å². The number of benzene rings is 2. The summed E-state index contributed by atoms with van der Waals surface area (Å²) in [6.07, 6.45) is 0. The van der Waals surface area contributed by atoms with E-state index in [1.807, 2.05) is 6.92 Å². The van der Waals surface area contributed by atoms with E-state index >= 15 is 0 Å². The van der Waals surface area contributed by atoms with Crippen LogP contribution in [-0.4, -0.2) is 8.42 Å². The van der Waals surface area contributed by atoms with Gasteiger partial charge in [0.05, 0.1) is 10.6 Å². The van der Waals surface area contributed by atoms with Gasteiger partial charge in [-0.05, 0) is 31.2 Å². The monoisotopic (exact) mass is 290 g/mol. The Morgan fingerprint density at radius 3 is 2.40 bits per heavy atom. The van der Waals surface area contributed by atoms with Crippen LogP contribution in [0.15, 0.2) is 47.4 Å². The quantitative estimate of drug-likeness (QED) is 0.945. The predicted octanol–water partition coefficient (Wildman–Crippen LogP) is 2.81. The fourth-order valence-corrected chi connectivity index (χ4v) is 2.72. The molecular formula is C14H11FN2O2S. The Morgan fingerprint density at radius 2 is 1.80 bits per heavy atom. The van der Waals surface area contributed by atoms with Crippen molar-refractivity contribution in [2.45, 2.75) is 11.8 Å². The molecule has 0 fully saturated rings. The molecule has 0 spiro atoms. The molecule has 0 saturated heterocycles. The van der Waals surface area contributed by atoms with Crippen molar-refractivity contribution >= 4 is 15.7 Å². The van der Waals surface area contributed by atoms with Crippen LogP contribution in [0, 0.1) is 24.1 Å². The first-order valence-electron chi connectivity index (χ1n) is 5.72. The summed E-state index contributed by atoms with van der Waals surface area (Å²) in [4.78, 5) is 0.0521. The maximum atomic E-state index is 13.4. The van der Waals surface area contributed by atoms with Crippen molar-refractivity contribution in [1.29, 1.82) is 5.26 Å². The molecule has 0 heterocycles. The van der Waals surface area contributed by atoms with E-state index in [9.17, 15) is 12.8 Å². The molecule has 0 aliphatic carbocycles. The molecule has 102 valence electrons. The number of halogens is 1. The molecular weight excluding hydrogens is 279 g/mol. The Morgan fingerprint density at radius 1 is 1.15 bits per heavy atom. The molecule has 0 radical (unpaired) electrons. The van der Waals surface area contributed by atoms with E-state index in [4.69, 9.17) is 5.26 Å². The Kier molecular flexibility index (Phi) is 3.72. The van der Waals surface area contributed by atoms with Crippen LogP contribution in [0.2, 0.25) is 0 Å². The van der Waals surface area contributed by atoms with Gasteiger partial charge in [0.1, 0.15) is 17.4 Å². The lowest BCUT2D eigenvalue weighted by Crippen LogP contribution is -2.14. The molecule has 0 aliphatic rings. The SMILES string of the molecule is Cc1ccc(S(=O)(=O)Nc2cccc(F)c2C#N)cc1. The van der Waals surface area contributed by atoms with Crippen molar-refractivity contribution in [2.75, 3.05) is 4.72 Å². The summed E-state index contributed by atoms with van der Waals surface area (Å²) in [5.74, 6) is -0.767. The molecule has 4 nitrogen and oxygen atoms in total. The zero-order valence-corrected chi connectivity index (χ0v) is 11.4. The molecule has 20 heavy (non-hydrogen) atoms. The van der Waals surface area contributed by atoms with Crippen molar-refractivity contribution < 1.29 is 12.8 Å². The summed E-state index contributed by atoms with van der Waals surface area (Å²) in [6.45, 7) is 1.84. The Bertz CT molecular complexity index is 778. The van der Waals surface area contributed by atoms with Crippen LogP contribution in [0.4, 0.5) is 10.1 Å². The average Bonchev–Trinajstić information content (AvgIpc) is 2.39. The minimum absolute atomic E-state index is 0.0521. The van der Waals surface area contributed by atoms with Crippen LogP contribution in [-0.2, 0) is 10.0 Å². The zero-order chi connectivity index (χ0) is 14.8. The molecule has 0 bridgehead atoms. The molecule has 2 aromatic carbocycles. The van der Waals surface area contributed by atoms with Gasteiger partial charge in [0.2, 0.25) is 0 Å². The van der Waals surface area contributed by atoms with Crippen LogP contribution < -0.4 is 4.72 Å². The molecule has 0 amide bonds. The number of sulfonamides is 1. The van der Waals surface area contributed by atoms with Crippen molar-refractivity contribution in [1.82, 2.24) is 0 Å². The van der Waals surface area contributed by atoms with Crippen LogP contribution in [0.3, 0.4) is 0 Å². The number of hydrogen-bond donors (Lipinski definition) is 1. The Hall–Kier alpha value is -2.39. The fraction of sp³-hybridized carbons (Fsp3) is 0.0714. The first kappa shape index (κ1) is 14.0. The van der Waals surface area contributed by atoms with Gasteiger partial charge in [-0.15, -0.1) is 0 Å². The first-order valence-corrected chi connectivity index (χ1v) is 7.20.